The molecule has 0 amide bonds. The lowest BCUT2D eigenvalue weighted by Crippen LogP contribution is -2.27. The Hall–Kier alpha value is -1.93. The van der Waals surface area contributed by atoms with E-state index >= 15 is 0 Å². The largest absolute Gasteiger partial charge is 0.399 e. The van der Waals surface area contributed by atoms with Gasteiger partial charge in [0.1, 0.15) is 16.5 Å². The van der Waals surface area contributed by atoms with E-state index in [0.29, 0.717) is 6.42 Å². The molecule has 0 atom stereocenters. The quantitative estimate of drug-likeness (QED) is 0.794. The lowest BCUT2D eigenvalue weighted by molar-refractivity contribution is 0.556. The second-order valence-electron chi connectivity index (χ2n) is 4.29. The maximum Gasteiger partial charge on any atom is 0.243 e. The van der Waals surface area contributed by atoms with Gasteiger partial charge >= 0.3 is 0 Å². The first-order valence-electron chi connectivity index (χ1n) is 5.91. The Morgan fingerprint density at radius 1 is 1.45 bits per heavy atom. The molecule has 0 spiro atoms. The van der Waals surface area contributed by atoms with E-state index in [4.69, 9.17) is 5.73 Å². The number of anilines is 1. The predicted molar refractivity (Wildman–Crippen MR) is 72.9 cm³/mol. The molecule has 0 aliphatic rings. The predicted octanol–water partition coefficient (Wildman–Crippen LogP) is 0.662. The van der Waals surface area contributed by atoms with E-state index in [1.54, 1.807) is 17.0 Å². The monoisotopic (exact) mass is 298 g/mol. The third kappa shape index (κ3) is 3.14. The second-order valence-corrected chi connectivity index (χ2v) is 6.03. The standard InChI is InChI=1S/C12H15FN4O2S/c1-17-7-6-15-12(17)4-5-16-20(18,19)11-8-9(14)2-3-10(11)13/h2-3,6-8,16H,4-5,14H2,1H3. The summed E-state index contributed by atoms with van der Waals surface area (Å²) >= 11 is 0. The Bertz CT molecular complexity index is 712. The molecule has 1 heterocycles. The van der Waals surface area contributed by atoms with E-state index in [-0.39, 0.29) is 12.2 Å². The Morgan fingerprint density at radius 3 is 2.85 bits per heavy atom. The van der Waals surface area contributed by atoms with Gasteiger partial charge in [-0.2, -0.15) is 0 Å². The van der Waals surface area contributed by atoms with Crippen molar-refractivity contribution in [2.24, 2.45) is 7.05 Å². The molecule has 0 unspecified atom stereocenters. The van der Waals surface area contributed by atoms with Crippen LogP contribution in [-0.4, -0.2) is 24.5 Å². The molecule has 108 valence electrons. The highest BCUT2D eigenvalue weighted by Crippen LogP contribution is 2.17. The minimum Gasteiger partial charge on any atom is -0.399 e. The van der Waals surface area contributed by atoms with Crippen LogP contribution in [0.3, 0.4) is 0 Å². The van der Waals surface area contributed by atoms with Crippen molar-refractivity contribution in [1.29, 1.82) is 0 Å². The van der Waals surface area contributed by atoms with Crippen LogP contribution < -0.4 is 10.5 Å². The first-order chi connectivity index (χ1) is 9.40. The van der Waals surface area contributed by atoms with E-state index < -0.39 is 20.7 Å². The molecule has 0 bridgehead atoms. The van der Waals surface area contributed by atoms with E-state index in [1.807, 2.05) is 7.05 Å². The molecular formula is C12H15FN4O2S. The van der Waals surface area contributed by atoms with Crippen molar-refractivity contribution in [3.63, 3.8) is 0 Å². The third-order valence-corrected chi connectivity index (χ3v) is 4.28. The maximum absolute atomic E-state index is 13.5. The zero-order valence-corrected chi connectivity index (χ0v) is 11.7. The molecule has 0 aliphatic heterocycles. The Labute approximate surface area is 116 Å². The summed E-state index contributed by atoms with van der Waals surface area (Å²) in [6.45, 7) is 0.126. The molecule has 20 heavy (non-hydrogen) atoms. The van der Waals surface area contributed by atoms with Gasteiger partial charge in [0, 0.05) is 38.1 Å². The molecule has 0 fully saturated rings. The summed E-state index contributed by atoms with van der Waals surface area (Å²) in [5.41, 5.74) is 5.67. The number of rotatable bonds is 5. The molecule has 8 heteroatoms. The zero-order valence-electron chi connectivity index (χ0n) is 10.9. The molecule has 6 nitrogen and oxygen atoms in total. The molecule has 0 saturated heterocycles. The van der Waals surface area contributed by atoms with Crippen LogP contribution >= 0.6 is 0 Å². The average Bonchev–Trinajstić information content (AvgIpc) is 2.78. The first-order valence-corrected chi connectivity index (χ1v) is 7.39. The van der Waals surface area contributed by atoms with Gasteiger partial charge in [0.25, 0.3) is 0 Å². The van der Waals surface area contributed by atoms with E-state index in [1.165, 1.54) is 6.07 Å². The summed E-state index contributed by atoms with van der Waals surface area (Å²) in [6, 6.07) is 3.43. The van der Waals surface area contributed by atoms with Crippen LogP contribution in [-0.2, 0) is 23.5 Å². The number of nitrogens with one attached hydrogen (secondary N) is 1. The van der Waals surface area contributed by atoms with Crippen molar-refractivity contribution in [2.45, 2.75) is 11.3 Å². The van der Waals surface area contributed by atoms with Crippen LogP contribution in [0, 0.1) is 5.82 Å². The van der Waals surface area contributed by atoms with Crippen LogP contribution in [0.25, 0.3) is 0 Å². The highest BCUT2D eigenvalue weighted by atomic mass is 32.2. The minimum absolute atomic E-state index is 0.126. The summed E-state index contributed by atoms with van der Waals surface area (Å²) < 4.78 is 41.6. The van der Waals surface area contributed by atoms with Crippen molar-refractivity contribution in [1.82, 2.24) is 14.3 Å². The number of nitrogen functional groups attached to an aromatic ring is 1. The highest BCUT2D eigenvalue weighted by molar-refractivity contribution is 7.89. The van der Waals surface area contributed by atoms with Gasteiger partial charge in [0.15, 0.2) is 0 Å². The van der Waals surface area contributed by atoms with Gasteiger partial charge in [0.2, 0.25) is 10.0 Å². The smallest absolute Gasteiger partial charge is 0.243 e. The summed E-state index contributed by atoms with van der Waals surface area (Å²) in [5.74, 6) is -0.0931. The summed E-state index contributed by atoms with van der Waals surface area (Å²) in [4.78, 5) is 3.63. The van der Waals surface area contributed by atoms with Gasteiger partial charge in [-0.15, -0.1) is 0 Å². The van der Waals surface area contributed by atoms with Crippen molar-refractivity contribution in [3.05, 3.63) is 42.2 Å². The molecule has 0 saturated carbocycles. The van der Waals surface area contributed by atoms with Gasteiger partial charge in [-0.05, 0) is 18.2 Å². The topological polar surface area (TPSA) is 90.0 Å². The fourth-order valence-electron chi connectivity index (χ4n) is 1.74. The SMILES string of the molecule is Cn1ccnc1CCNS(=O)(=O)c1cc(N)ccc1F. The van der Waals surface area contributed by atoms with Crippen molar-refractivity contribution in [3.8, 4) is 0 Å². The van der Waals surface area contributed by atoms with Crippen molar-refractivity contribution < 1.29 is 12.8 Å². The van der Waals surface area contributed by atoms with E-state index in [2.05, 4.69) is 9.71 Å². The number of aryl methyl sites for hydroxylation is 1. The van der Waals surface area contributed by atoms with Crippen LogP contribution in [0.4, 0.5) is 10.1 Å². The highest BCUT2D eigenvalue weighted by Gasteiger charge is 2.19. The average molecular weight is 298 g/mol. The number of hydrogen-bond acceptors (Lipinski definition) is 4. The summed E-state index contributed by atoms with van der Waals surface area (Å²) in [7, 11) is -2.11. The number of nitrogens with two attached hydrogens (primary N) is 1. The number of benzene rings is 1. The van der Waals surface area contributed by atoms with Gasteiger partial charge in [-0.3, -0.25) is 0 Å². The molecule has 0 aliphatic carbocycles. The van der Waals surface area contributed by atoms with Crippen LogP contribution in [0.5, 0.6) is 0 Å². The van der Waals surface area contributed by atoms with Gasteiger partial charge < -0.3 is 10.3 Å². The second kappa shape index (κ2) is 5.59. The Kier molecular flexibility index (Phi) is 4.05. The molecule has 2 rings (SSSR count). The van der Waals surface area contributed by atoms with Gasteiger partial charge in [0.05, 0.1) is 0 Å². The number of hydrogen-bond donors (Lipinski definition) is 2. The third-order valence-electron chi connectivity index (χ3n) is 2.81. The fourth-order valence-corrected chi connectivity index (χ4v) is 2.88. The van der Waals surface area contributed by atoms with Crippen molar-refractivity contribution in [2.75, 3.05) is 12.3 Å². The lowest BCUT2D eigenvalue weighted by Gasteiger charge is -2.08. The van der Waals surface area contributed by atoms with Gasteiger partial charge in [-0.25, -0.2) is 22.5 Å². The number of nitrogens with zero attached hydrogens (tertiary/aromatic N) is 2. The maximum atomic E-state index is 13.5. The van der Waals surface area contributed by atoms with Gasteiger partial charge in [-0.1, -0.05) is 0 Å². The fraction of sp³-hybridized carbons (Fsp3) is 0.250. The van der Waals surface area contributed by atoms with Crippen LogP contribution in [0.2, 0.25) is 0 Å². The Morgan fingerprint density at radius 2 is 2.20 bits per heavy atom. The first kappa shape index (κ1) is 14.5. The number of aromatic nitrogens is 2. The number of halogens is 1. The summed E-state index contributed by atoms with van der Waals surface area (Å²) in [6.07, 6.45) is 3.80. The zero-order chi connectivity index (χ0) is 14.8. The number of imidazole rings is 1. The van der Waals surface area contributed by atoms with Crippen LogP contribution in [0.15, 0.2) is 35.5 Å². The summed E-state index contributed by atoms with van der Waals surface area (Å²) in [5, 5.41) is 0. The molecule has 1 aromatic heterocycles. The van der Waals surface area contributed by atoms with Crippen molar-refractivity contribution >= 4 is 15.7 Å². The molecular weight excluding hydrogens is 283 g/mol. The van der Waals surface area contributed by atoms with Crippen LogP contribution in [0.1, 0.15) is 5.82 Å². The lowest BCUT2D eigenvalue weighted by atomic mass is 10.3. The molecule has 1 aromatic carbocycles. The molecule has 3 N–H and O–H groups in total. The van der Waals surface area contributed by atoms with E-state index in [0.717, 1.165) is 18.0 Å². The normalized spacial score (nSPS) is 11.7. The number of sulfonamides is 1. The van der Waals surface area contributed by atoms with E-state index in [9.17, 15) is 12.8 Å². The minimum atomic E-state index is -3.92. The molecule has 2 aromatic rings. The Balaban J connectivity index is 2.08. The molecule has 0 radical (unpaired) electrons.